The monoisotopic (exact) mass is 273 g/mol. The molecule has 1 saturated heterocycles. The van der Waals surface area contributed by atoms with Crippen LogP contribution in [0.15, 0.2) is 18.2 Å². The fourth-order valence-corrected chi connectivity index (χ4v) is 3.90. The van der Waals surface area contributed by atoms with Crippen LogP contribution in [0.25, 0.3) is 0 Å². The smallest absolute Gasteiger partial charge is 0.123 e. The average Bonchev–Trinajstić information content (AvgIpc) is 2.84. The molecule has 0 radical (unpaired) electrons. The summed E-state index contributed by atoms with van der Waals surface area (Å²) >= 11 is 8.11. The van der Waals surface area contributed by atoms with Gasteiger partial charge in [0.15, 0.2) is 0 Å². The van der Waals surface area contributed by atoms with Crippen molar-refractivity contribution in [2.75, 3.05) is 12.8 Å². The zero-order valence-corrected chi connectivity index (χ0v) is 11.5. The zero-order chi connectivity index (χ0) is 12.3. The van der Waals surface area contributed by atoms with Crippen molar-refractivity contribution in [2.45, 2.75) is 30.6 Å². The summed E-state index contributed by atoms with van der Waals surface area (Å²) in [7, 11) is 1.97. The molecule has 0 spiro atoms. The van der Waals surface area contributed by atoms with Crippen molar-refractivity contribution < 1.29 is 4.39 Å². The maximum atomic E-state index is 13.2. The first-order chi connectivity index (χ1) is 8.20. The van der Waals surface area contributed by atoms with Crippen LogP contribution in [-0.4, -0.2) is 24.1 Å². The molecular formula is C13H17ClFNS. The zero-order valence-electron chi connectivity index (χ0n) is 9.88. The summed E-state index contributed by atoms with van der Waals surface area (Å²) < 4.78 is 13.2. The van der Waals surface area contributed by atoms with Gasteiger partial charge in [0.1, 0.15) is 5.82 Å². The van der Waals surface area contributed by atoms with E-state index in [0.717, 1.165) is 12.0 Å². The third-order valence-corrected chi connectivity index (χ3v) is 5.12. The molecule has 0 aliphatic carbocycles. The van der Waals surface area contributed by atoms with E-state index in [-0.39, 0.29) is 5.82 Å². The van der Waals surface area contributed by atoms with E-state index in [1.54, 1.807) is 12.1 Å². The van der Waals surface area contributed by atoms with Crippen LogP contribution in [0.3, 0.4) is 0 Å². The van der Waals surface area contributed by atoms with Crippen LogP contribution in [0.4, 0.5) is 4.39 Å². The largest absolute Gasteiger partial charge is 0.316 e. The molecule has 1 aliphatic rings. The van der Waals surface area contributed by atoms with E-state index in [1.807, 2.05) is 18.8 Å². The van der Waals surface area contributed by atoms with Gasteiger partial charge in [-0.25, -0.2) is 4.39 Å². The number of hydrogen-bond acceptors (Lipinski definition) is 2. The Bertz CT molecular complexity index is 380. The van der Waals surface area contributed by atoms with Gasteiger partial charge in [-0.15, -0.1) is 0 Å². The van der Waals surface area contributed by atoms with Crippen LogP contribution in [0.2, 0.25) is 5.02 Å². The molecule has 2 atom stereocenters. The minimum atomic E-state index is -0.210. The molecule has 4 heteroatoms. The molecule has 0 saturated carbocycles. The Balaban J connectivity index is 2.09. The van der Waals surface area contributed by atoms with Crippen molar-refractivity contribution in [3.8, 4) is 0 Å². The minimum absolute atomic E-state index is 0.210. The SMILES string of the molecule is CNC(Cc1cc(F)ccc1Cl)C1CCCS1. The molecule has 1 fully saturated rings. The fraction of sp³-hybridized carbons (Fsp3) is 0.538. The molecule has 0 amide bonds. The third kappa shape index (κ3) is 3.36. The van der Waals surface area contributed by atoms with Crippen molar-refractivity contribution in [1.82, 2.24) is 5.32 Å². The summed E-state index contributed by atoms with van der Waals surface area (Å²) in [5.74, 6) is 1.03. The van der Waals surface area contributed by atoms with Crippen molar-refractivity contribution in [2.24, 2.45) is 0 Å². The van der Waals surface area contributed by atoms with Crippen LogP contribution >= 0.6 is 23.4 Å². The quantitative estimate of drug-likeness (QED) is 0.901. The van der Waals surface area contributed by atoms with Gasteiger partial charge in [-0.1, -0.05) is 11.6 Å². The average molecular weight is 274 g/mol. The number of hydrogen-bond donors (Lipinski definition) is 1. The molecule has 1 aliphatic heterocycles. The fourth-order valence-electron chi connectivity index (χ4n) is 2.28. The maximum Gasteiger partial charge on any atom is 0.123 e. The summed E-state index contributed by atoms with van der Waals surface area (Å²) in [6.45, 7) is 0. The van der Waals surface area contributed by atoms with Crippen molar-refractivity contribution in [3.05, 3.63) is 34.6 Å². The highest BCUT2D eigenvalue weighted by Gasteiger charge is 2.25. The maximum absolute atomic E-state index is 13.2. The summed E-state index contributed by atoms with van der Waals surface area (Å²) in [5, 5.41) is 4.62. The normalized spacial score (nSPS) is 21.7. The highest BCUT2D eigenvalue weighted by molar-refractivity contribution is 8.00. The predicted octanol–water partition coefficient (Wildman–Crippen LogP) is 3.51. The number of likely N-dealkylation sites (N-methyl/N-ethyl adjacent to an activating group) is 1. The first-order valence-corrected chi connectivity index (χ1v) is 7.36. The first-order valence-electron chi connectivity index (χ1n) is 5.93. The second-order valence-corrected chi connectivity index (χ2v) is 6.14. The van der Waals surface area contributed by atoms with E-state index in [9.17, 15) is 4.39 Å². The van der Waals surface area contributed by atoms with Gasteiger partial charge in [0.05, 0.1) is 0 Å². The summed E-state index contributed by atoms with van der Waals surface area (Å²) in [6.07, 6.45) is 3.32. The summed E-state index contributed by atoms with van der Waals surface area (Å²) in [6, 6.07) is 4.97. The highest BCUT2D eigenvalue weighted by atomic mass is 35.5. The Hall–Kier alpha value is -0.250. The van der Waals surface area contributed by atoms with Crippen molar-refractivity contribution in [1.29, 1.82) is 0 Å². The molecule has 17 heavy (non-hydrogen) atoms. The van der Waals surface area contributed by atoms with E-state index in [0.29, 0.717) is 16.3 Å². The van der Waals surface area contributed by atoms with Crippen LogP contribution in [0.5, 0.6) is 0 Å². The van der Waals surface area contributed by atoms with Gasteiger partial charge in [0.25, 0.3) is 0 Å². The molecule has 1 aromatic rings. The Morgan fingerprint density at radius 3 is 3.06 bits per heavy atom. The third-order valence-electron chi connectivity index (χ3n) is 3.23. The van der Waals surface area contributed by atoms with Crippen molar-refractivity contribution in [3.63, 3.8) is 0 Å². The van der Waals surface area contributed by atoms with Crippen LogP contribution in [-0.2, 0) is 6.42 Å². The van der Waals surface area contributed by atoms with Crippen molar-refractivity contribution >= 4 is 23.4 Å². The molecule has 1 nitrogen and oxygen atoms in total. The molecule has 0 aromatic heterocycles. The second kappa shape index (κ2) is 6.07. The topological polar surface area (TPSA) is 12.0 Å². The van der Waals surface area contributed by atoms with Gasteiger partial charge in [-0.3, -0.25) is 0 Å². The first kappa shape index (κ1) is 13.2. The molecule has 94 valence electrons. The molecule has 2 rings (SSSR count). The lowest BCUT2D eigenvalue weighted by Gasteiger charge is -2.22. The van der Waals surface area contributed by atoms with E-state index in [4.69, 9.17) is 11.6 Å². The van der Waals surface area contributed by atoms with Gasteiger partial charge < -0.3 is 5.32 Å². The summed E-state index contributed by atoms with van der Waals surface area (Å²) in [5.41, 5.74) is 0.901. The number of halogens is 2. The van der Waals surface area contributed by atoms with Crippen LogP contribution < -0.4 is 5.32 Å². The Morgan fingerprint density at radius 1 is 1.59 bits per heavy atom. The highest BCUT2D eigenvalue weighted by Crippen LogP contribution is 2.31. The second-order valence-electron chi connectivity index (χ2n) is 4.39. The van der Waals surface area contributed by atoms with E-state index in [2.05, 4.69) is 5.32 Å². The Kier molecular flexibility index (Phi) is 4.71. The lowest BCUT2D eigenvalue weighted by molar-refractivity contribution is 0.522. The van der Waals surface area contributed by atoms with Gasteiger partial charge in [-0.2, -0.15) is 11.8 Å². The van der Waals surface area contributed by atoms with Crippen LogP contribution in [0.1, 0.15) is 18.4 Å². The molecule has 0 bridgehead atoms. The Morgan fingerprint density at radius 2 is 2.41 bits per heavy atom. The van der Waals surface area contributed by atoms with Gasteiger partial charge in [0, 0.05) is 16.3 Å². The van der Waals surface area contributed by atoms with Gasteiger partial charge in [0.2, 0.25) is 0 Å². The number of benzene rings is 1. The van der Waals surface area contributed by atoms with Crippen LogP contribution in [0, 0.1) is 5.82 Å². The number of thioether (sulfide) groups is 1. The van der Waals surface area contributed by atoms with E-state index >= 15 is 0 Å². The van der Waals surface area contributed by atoms with E-state index < -0.39 is 0 Å². The number of nitrogens with one attached hydrogen (secondary N) is 1. The standard InChI is InChI=1S/C13H17ClFNS/c1-16-12(13-3-2-6-17-13)8-9-7-10(15)4-5-11(9)14/h4-5,7,12-13,16H,2-3,6,8H2,1H3. The predicted molar refractivity (Wildman–Crippen MR) is 73.4 cm³/mol. The van der Waals surface area contributed by atoms with E-state index in [1.165, 1.54) is 24.7 Å². The Labute approximate surface area is 111 Å². The minimum Gasteiger partial charge on any atom is -0.316 e. The lowest BCUT2D eigenvalue weighted by Crippen LogP contribution is -2.36. The van der Waals surface area contributed by atoms with Gasteiger partial charge in [-0.05, 0) is 55.8 Å². The molecule has 1 N–H and O–H groups in total. The number of rotatable bonds is 4. The molecule has 1 heterocycles. The molecular weight excluding hydrogens is 257 g/mol. The molecule has 1 aromatic carbocycles. The lowest BCUT2D eigenvalue weighted by atomic mass is 10.0. The molecule has 2 unspecified atom stereocenters. The van der Waals surface area contributed by atoms with Gasteiger partial charge >= 0.3 is 0 Å². The summed E-state index contributed by atoms with van der Waals surface area (Å²) in [4.78, 5) is 0.